The van der Waals surface area contributed by atoms with E-state index in [0.717, 1.165) is 12.0 Å². The number of ether oxygens (including phenoxy) is 1. The number of hydrogen-bond acceptors (Lipinski definition) is 3. The number of carbonyl (C=O) groups excluding carboxylic acids is 2. The summed E-state index contributed by atoms with van der Waals surface area (Å²) in [6.45, 7) is 2.36. The largest absolute Gasteiger partial charge is 0.369 e. The molecule has 1 aliphatic heterocycles. The maximum atomic E-state index is 13.1. The second kappa shape index (κ2) is 8.10. The van der Waals surface area contributed by atoms with Crippen LogP contribution in [0.15, 0.2) is 48.5 Å². The molecule has 1 saturated heterocycles. The van der Waals surface area contributed by atoms with Gasteiger partial charge in [0.1, 0.15) is 18.5 Å². The molecule has 1 N–H and O–H groups in total. The van der Waals surface area contributed by atoms with E-state index < -0.39 is 6.04 Å². The van der Waals surface area contributed by atoms with Crippen molar-refractivity contribution in [1.82, 2.24) is 4.90 Å². The number of hydrogen-bond donors (Lipinski definition) is 1. The van der Waals surface area contributed by atoms with Crippen LogP contribution < -0.4 is 5.32 Å². The van der Waals surface area contributed by atoms with E-state index in [1.807, 2.05) is 24.3 Å². The molecule has 0 unspecified atom stereocenters. The van der Waals surface area contributed by atoms with Gasteiger partial charge in [0.15, 0.2) is 0 Å². The molecule has 136 valence electrons. The Balaban J connectivity index is 1.72. The Morgan fingerprint density at radius 1 is 1.15 bits per heavy atom. The van der Waals surface area contributed by atoms with Gasteiger partial charge in [-0.15, -0.1) is 0 Å². The molecular formula is C20H21FN2O3. The van der Waals surface area contributed by atoms with Crippen molar-refractivity contribution in [2.75, 3.05) is 18.5 Å². The second-order valence-electron chi connectivity index (χ2n) is 6.22. The molecule has 1 aliphatic rings. The van der Waals surface area contributed by atoms with Gasteiger partial charge in [-0.3, -0.25) is 9.59 Å². The highest BCUT2D eigenvalue weighted by Gasteiger charge is 2.34. The summed E-state index contributed by atoms with van der Waals surface area (Å²) < 4.78 is 18.3. The smallest absolute Gasteiger partial charge is 0.249 e. The average Bonchev–Trinajstić information content (AvgIpc) is 2.65. The molecule has 1 fully saturated rings. The molecule has 3 rings (SSSR count). The van der Waals surface area contributed by atoms with Gasteiger partial charge in [-0.25, -0.2) is 4.39 Å². The SMILES string of the molecule is CCc1ccc(NC(=O)[C@@H]2COCC(=O)N2Cc2ccc(F)cc2)cc1. The Morgan fingerprint density at radius 3 is 2.46 bits per heavy atom. The summed E-state index contributed by atoms with van der Waals surface area (Å²) >= 11 is 0. The highest BCUT2D eigenvalue weighted by molar-refractivity contribution is 5.97. The first-order valence-electron chi connectivity index (χ1n) is 8.58. The van der Waals surface area contributed by atoms with Crippen LogP contribution in [-0.2, 0) is 27.3 Å². The minimum atomic E-state index is -0.729. The summed E-state index contributed by atoms with van der Waals surface area (Å²) in [5.74, 6) is -0.904. The zero-order chi connectivity index (χ0) is 18.5. The van der Waals surface area contributed by atoms with Crippen molar-refractivity contribution in [2.45, 2.75) is 25.9 Å². The Labute approximate surface area is 151 Å². The molecule has 0 aromatic heterocycles. The molecule has 0 radical (unpaired) electrons. The highest BCUT2D eigenvalue weighted by Crippen LogP contribution is 2.17. The summed E-state index contributed by atoms with van der Waals surface area (Å²) in [4.78, 5) is 26.4. The monoisotopic (exact) mass is 356 g/mol. The van der Waals surface area contributed by atoms with Crippen molar-refractivity contribution < 1.29 is 18.7 Å². The number of nitrogens with zero attached hydrogens (tertiary/aromatic N) is 1. The predicted octanol–water partition coefficient (Wildman–Crippen LogP) is 2.75. The van der Waals surface area contributed by atoms with Gasteiger partial charge < -0.3 is 15.0 Å². The van der Waals surface area contributed by atoms with Gasteiger partial charge in [0.25, 0.3) is 0 Å². The van der Waals surface area contributed by atoms with Crippen LogP contribution in [0.1, 0.15) is 18.1 Å². The topological polar surface area (TPSA) is 58.6 Å². The number of benzene rings is 2. The van der Waals surface area contributed by atoms with Crippen molar-refractivity contribution >= 4 is 17.5 Å². The van der Waals surface area contributed by atoms with Gasteiger partial charge in [0, 0.05) is 12.2 Å². The lowest BCUT2D eigenvalue weighted by atomic mass is 10.1. The van der Waals surface area contributed by atoms with Gasteiger partial charge in [0.05, 0.1) is 6.61 Å². The van der Waals surface area contributed by atoms with Crippen LogP contribution in [0, 0.1) is 5.82 Å². The molecule has 0 saturated carbocycles. The average molecular weight is 356 g/mol. The molecule has 2 amide bonds. The number of amides is 2. The molecule has 5 nitrogen and oxygen atoms in total. The lowest BCUT2D eigenvalue weighted by Gasteiger charge is -2.34. The fourth-order valence-corrected chi connectivity index (χ4v) is 2.86. The fourth-order valence-electron chi connectivity index (χ4n) is 2.86. The molecule has 26 heavy (non-hydrogen) atoms. The van der Waals surface area contributed by atoms with Gasteiger partial charge in [-0.1, -0.05) is 31.2 Å². The van der Waals surface area contributed by atoms with Gasteiger partial charge in [-0.2, -0.15) is 0 Å². The Morgan fingerprint density at radius 2 is 1.81 bits per heavy atom. The molecule has 0 bridgehead atoms. The molecular weight excluding hydrogens is 335 g/mol. The Kier molecular flexibility index (Phi) is 5.63. The molecule has 1 atom stereocenters. The van der Waals surface area contributed by atoms with Crippen LogP contribution in [0.4, 0.5) is 10.1 Å². The van der Waals surface area contributed by atoms with Crippen LogP contribution in [0.3, 0.4) is 0 Å². The van der Waals surface area contributed by atoms with E-state index in [1.165, 1.54) is 22.6 Å². The van der Waals surface area contributed by atoms with Crippen molar-refractivity contribution in [3.8, 4) is 0 Å². The maximum Gasteiger partial charge on any atom is 0.249 e. The molecule has 0 spiro atoms. The van der Waals surface area contributed by atoms with Crippen molar-refractivity contribution in [1.29, 1.82) is 0 Å². The van der Waals surface area contributed by atoms with E-state index in [4.69, 9.17) is 4.74 Å². The maximum absolute atomic E-state index is 13.1. The van der Waals surface area contributed by atoms with E-state index in [-0.39, 0.29) is 37.4 Å². The van der Waals surface area contributed by atoms with E-state index >= 15 is 0 Å². The number of morpholine rings is 1. The standard InChI is InChI=1S/C20H21FN2O3/c1-2-14-5-9-17(10-6-14)22-20(25)18-12-26-13-19(24)23(18)11-15-3-7-16(21)8-4-15/h3-10,18H,2,11-13H2,1H3,(H,22,25)/t18-/m0/s1. The fraction of sp³-hybridized carbons (Fsp3) is 0.300. The quantitative estimate of drug-likeness (QED) is 0.896. The van der Waals surface area contributed by atoms with Gasteiger partial charge in [0.2, 0.25) is 11.8 Å². The van der Waals surface area contributed by atoms with Crippen LogP contribution >= 0.6 is 0 Å². The number of nitrogens with one attached hydrogen (secondary N) is 1. The second-order valence-corrected chi connectivity index (χ2v) is 6.22. The van der Waals surface area contributed by atoms with Crippen molar-refractivity contribution in [3.05, 3.63) is 65.5 Å². The van der Waals surface area contributed by atoms with E-state index in [1.54, 1.807) is 12.1 Å². The zero-order valence-electron chi connectivity index (χ0n) is 14.6. The summed E-state index contributed by atoms with van der Waals surface area (Å²) in [6.07, 6.45) is 0.921. The Bertz CT molecular complexity index is 775. The summed E-state index contributed by atoms with van der Waals surface area (Å²) in [6, 6.07) is 12.7. The first-order chi connectivity index (χ1) is 12.6. The zero-order valence-corrected chi connectivity index (χ0v) is 14.6. The highest BCUT2D eigenvalue weighted by atomic mass is 19.1. The summed E-state index contributed by atoms with van der Waals surface area (Å²) in [7, 11) is 0. The van der Waals surface area contributed by atoms with Crippen LogP contribution in [0.5, 0.6) is 0 Å². The van der Waals surface area contributed by atoms with E-state index in [2.05, 4.69) is 12.2 Å². The molecule has 1 heterocycles. The first-order valence-corrected chi connectivity index (χ1v) is 8.58. The normalized spacial score (nSPS) is 17.2. The van der Waals surface area contributed by atoms with Crippen molar-refractivity contribution in [3.63, 3.8) is 0 Å². The molecule has 6 heteroatoms. The minimum absolute atomic E-state index is 0.0594. The molecule has 0 aliphatic carbocycles. The number of halogens is 1. The minimum Gasteiger partial charge on any atom is -0.369 e. The third-order valence-corrected chi connectivity index (χ3v) is 4.40. The van der Waals surface area contributed by atoms with Crippen LogP contribution in [-0.4, -0.2) is 36.0 Å². The third-order valence-electron chi connectivity index (χ3n) is 4.40. The number of rotatable bonds is 5. The van der Waals surface area contributed by atoms with E-state index in [0.29, 0.717) is 5.69 Å². The van der Waals surface area contributed by atoms with Gasteiger partial charge >= 0.3 is 0 Å². The van der Waals surface area contributed by atoms with E-state index in [9.17, 15) is 14.0 Å². The summed E-state index contributed by atoms with van der Waals surface area (Å²) in [5, 5.41) is 2.84. The Hall–Kier alpha value is -2.73. The first kappa shape index (κ1) is 18.1. The number of aryl methyl sites for hydroxylation is 1. The molecule has 2 aromatic carbocycles. The van der Waals surface area contributed by atoms with Crippen molar-refractivity contribution in [2.24, 2.45) is 0 Å². The molecule has 2 aromatic rings. The number of carbonyl (C=O) groups is 2. The van der Waals surface area contributed by atoms with Crippen LogP contribution in [0.25, 0.3) is 0 Å². The lowest BCUT2D eigenvalue weighted by molar-refractivity contribution is -0.154. The summed E-state index contributed by atoms with van der Waals surface area (Å²) in [5.41, 5.74) is 2.61. The predicted molar refractivity (Wildman–Crippen MR) is 96.0 cm³/mol. The van der Waals surface area contributed by atoms with Crippen LogP contribution in [0.2, 0.25) is 0 Å². The van der Waals surface area contributed by atoms with Gasteiger partial charge in [-0.05, 0) is 41.8 Å². The lowest BCUT2D eigenvalue weighted by Crippen LogP contribution is -2.54. The third kappa shape index (κ3) is 4.26. The number of anilines is 1.